The summed E-state index contributed by atoms with van der Waals surface area (Å²) in [5.41, 5.74) is 7.47. The maximum absolute atomic E-state index is 5.80. The van der Waals surface area contributed by atoms with E-state index in [4.69, 9.17) is 10.5 Å². The van der Waals surface area contributed by atoms with Gasteiger partial charge in [0.2, 0.25) is 0 Å². The van der Waals surface area contributed by atoms with Crippen molar-refractivity contribution < 1.29 is 4.74 Å². The summed E-state index contributed by atoms with van der Waals surface area (Å²) in [5.74, 6) is 0.778. The van der Waals surface area contributed by atoms with Gasteiger partial charge in [-0.2, -0.15) is 0 Å². The van der Waals surface area contributed by atoms with E-state index >= 15 is 0 Å². The first-order chi connectivity index (χ1) is 6.75. The fourth-order valence-corrected chi connectivity index (χ4v) is 1.52. The molecule has 0 spiro atoms. The number of nitrogens with two attached hydrogens (primary N) is 1. The fourth-order valence-electron chi connectivity index (χ4n) is 1.52. The van der Waals surface area contributed by atoms with E-state index in [0.29, 0.717) is 11.7 Å². The summed E-state index contributed by atoms with van der Waals surface area (Å²) in [6.45, 7) is 3.52. The lowest BCUT2D eigenvalue weighted by Crippen LogP contribution is -2.20. The van der Waals surface area contributed by atoms with Crippen LogP contribution in [0.3, 0.4) is 0 Å². The molecule has 3 N–H and O–H groups in total. The third kappa shape index (κ3) is 1.96. The van der Waals surface area contributed by atoms with E-state index in [9.17, 15) is 0 Å². The molecule has 1 aliphatic heterocycles. The van der Waals surface area contributed by atoms with Crippen molar-refractivity contribution in [3.8, 4) is 0 Å². The summed E-state index contributed by atoms with van der Waals surface area (Å²) in [6, 6.07) is 4.14. The highest BCUT2D eigenvalue weighted by molar-refractivity contribution is 5.61. The average Bonchev–Trinajstić information content (AvgIpc) is 2.64. The van der Waals surface area contributed by atoms with Gasteiger partial charge >= 0.3 is 0 Å². The number of nitrogen functional groups attached to an aromatic ring is 1. The molecule has 14 heavy (non-hydrogen) atoms. The Kier molecular flexibility index (Phi) is 2.54. The average molecular weight is 193 g/mol. The predicted octanol–water partition coefficient (Wildman–Crippen LogP) is 1.17. The first-order valence-electron chi connectivity index (χ1n) is 4.83. The van der Waals surface area contributed by atoms with Crippen LogP contribution < -0.4 is 11.1 Å². The maximum atomic E-state index is 5.80. The lowest BCUT2D eigenvalue weighted by Gasteiger charge is -2.13. The third-order valence-corrected chi connectivity index (χ3v) is 2.34. The highest BCUT2D eigenvalue weighted by atomic mass is 16.5. The summed E-state index contributed by atoms with van der Waals surface area (Å²) in [7, 11) is 0. The van der Waals surface area contributed by atoms with Gasteiger partial charge in [0.1, 0.15) is 5.82 Å². The minimum atomic E-state index is 0.353. The number of hydrogen-bond donors (Lipinski definition) is 2. The van der Waals surface area contributed by atoms with Crippen molar-refractivity contribution in [2.75, 3.05) is 24.3 Å². The van der Waals surface area contributed by atoms with E-state index in [0.717, 1.165) is 31.1 Å². The van der Waals surface area contributed by atoms with Gasteiger partial charge in [-0.05, 0) is 25.5 Å². The number of nitrogens with zero attached hydrogens (tertiary/aromatic N) is 1. The molecule has 4 nitrogen and oxygen atoms in total. The zero-order valence-corrected chi connectivity index (χ0v) is 8.29. The fraction of sp³-hybridized carbons (Fsp3) is 0.500. The van der Waals surface area contributed by atoms with Crippen molar-refractivity contribution >= 4 is 11.5 Å². The van der Waals surface area contributed by atoms with Gasteiger partial charge in [-0.15, -0.1) is 0 Å². The van der Waals surface area contributed by atoms with Crippen LogP contribution in [0.4, 0.5) is 11.5 Å². The summed E-state index contributed by atoms with van der Waals surface area (Å²) < 4.78 is 5.27. The van der Waals surface area contributed by atoms with Crippen molar-refractivity contribution in [2.24, 2.45) is 0 Å². The Morgan fingerprint density at radius 2 is 2.43 bits per heavy atom. The zero-order chi connectivity index (χ0) is 9.97. The van der Waals surface area contributed by atoms with Crippen molar-refractivity contribution in [1.82, 2.24) is 4.98 Å². The first kappa shape index (κ1) is 9.27. The molecular formula is C10H15N3O. The molecule has 0 saturated carbocycles. The highest BCUT2D eigenvalue weighted by Gasteiger charge is 2.16. The lowest BCUT2D eigenvalue weighted by molar-refractivity contribution is 0.195. The van der Waals surface area contributed by atoms with Crippen molar-refractivity contribution in [3.63, 3.8) is 0 Å². The van der Waals surface area contributed by atoms with Gasteiger partial charge in [0, 0.05) is 12.3 Å². The predicted molar refractivity (Wildman–Crippen MR) is 56.2 cm³/mol. The number of pyridine rings is 1. The van der Waals surface area contributed by atoms with Gasteiger partial charge in [-0.25, -0.2) is 4.98 Å². The molecule has 1 aromatic rings. The molecule has 2 rings (SSSR count). The Hall–Kier alpha value is -1.29. The number of rotatable bonds is 2. The lowest BCUT2D eigenvalue weighted by atomic mass is 10.2. The molecule has 1 saturated heterocycles. The van der Waals surface area contributed by atoms with E-state index in [2.05, 4.69) is 10.3 Å². The van der Waals surface area contributed by atoms with E-state index in [1.807, 2.05) is 19.1 Å². The Morgan fingerprint density at radius 1 is 1.57 bits per heavy atom. The largest absolute Gasteiger partial charge is 0.396 e. The number of hydrogen-bond acceptors (Lipinski definition) is 4. The molecule has 1 aliphatic rings. The van der Waals surface area contributed by atoms with Crippen LogP contribution in [0.2, 0.25) is 0 Å². The number of aryl methyl sites for hydroxylation is 1. The molecule has 0 bridgehead atoms. The molecule has 1 atom stereocenters. The summed E-state index contributed by atoms with van der Waals surface area (Å²) in [6.07, 6.45) is 1.02. The molecule has 0 radical (unpaired) electrons. The minimum Gasteiger partial charge on any atom is -0.396 e. The Labute approximate surface area is 83.5 Å². The normalized spacial score (nSPS) is 21.1. The molecule has 4 heteroatoms. The van der Waals surface area contributed by atoms with Gasteiger partial charge in [0.05, 0.1) is 18.3 Å². The number of ether oxygens (including phenoxy) is 1. The van der Waals surface area contributed by atoms with Crippen molar-refractivity contribution in [1.29, 1.82) is 0 Å². The quantitative estimate of drug-likeness (QED) is 0.740. The molecule has 0 amide bonds. The summed E-state index contributed by atoms with van der Waals surface area (Å²) >= 11 is 0. The second-order valence-electron chi connectivity index (χ2n) is 3.60. The second kappa shape index (κ2) is 3.84. The van der Waals surface area contributed by atoms with Crippen LogP contribution in [0.25, 0.3) is 0 Å². The molecule has 0 aliphatic carbocycles. The Bertz CT molecular complexity index is 321. The molecule has 1 fully saturated rings. The molecule has 2 heterocycles. The first-order valence-corrected chi connectivity index (χ1v) is 4.83. The van der Waals surface area contributed by atoms with E-state index in [-0.39, 0.29) is 0 Å². The van der Waals surface area contributed by atoms with Crippen LogP contribution in [0, 0.1) is 6.92 Å². The summed E-state index contributed by atoms with van der Waals surface area (Å²) in [4.78, 5) is 4.34. The Balaban J connectivity index is 2.10. The number of nitrogens with one attached hydrogen (secondary N) is 1. The van der Waals surface area contributed by atoms with Crippen molar-refractivity contribution in [2.45, 2.75) is 19.4 Å². The van der Waals surface area contributed by atoms with Crippen molar-refractivity contribution in [3.05, 3.63) is 17.8 Å². The third-order valence-electron chi connectivity index (χ3n) is 2.34. The van der Waals surface area contributed by atoms with Gasteiger partial charge in [-0.1, -0.05) is 0 Å². The van der Waals surface area contributed by atoms with Gasteiger partial charge in [0.15, 0.2) is 0 Å². The highest BCUT2D eigenvalue weighted by Crippen LogP contribution is 2.18. The molecule has 1 aromatic heterocycles. The van der Waals surface area contributed by atoms with Gasteiger partial charge in [0.25, 0.3) is 0 Å². The number of aromatic nitrogens is 1. The van der Waals surface area contributed by atoms with E-state index in [1.165, 1.54) is 0 Å². The SMILES string of the molecule is Cc1ccc(N)c(NC2CCOC2)n1. The Morgan fingerprint density at radius 3 is 3.14 bits per heavy atom. The molecule has 0 aromatic carbocycles. The maximum Gasteiger partial charge on any atom is 0.149 e. The number of anilines is 2. The topological polar surface area (TPSA) is 60.2 Å². The second-order valence-corrected chi connectivity index (χ2v) is 3.60. The van der Waals surface area contributed by atoms with Gasteiger partial charge in [-0.3, -0.25) is 0 Å². The van der Waals surface area contributed by atoms with Crippen LogP contribution in [-0.4, -0.2) is 24.2 Å². The molecule has 1 unspecified atom stereocenters. The van der Waals surface area contributed by atoms with Crippen LogP contribution in [0.1, 0.15) is 12.1 Å². The smallest absolute Gasteiger partial charge is 0.149 e. The monoisotopic (exact) mass is 193 g/mol. The van der Waals surface area contributed by atoms with E-state index in [1.54, 1.807) is 0 Å². The van der Waals surface area contributed by atoms with Gasteiger partial charge < -0.3 is 15.8 Å². The molecule has 76 valence electrons. The van der Waals surface area contributed by atoms with E-state index < -0.39 is 0 Å². The van der Waals surface area contributed by atoms with Crippen LogP contribution >= 0.6 is 0 Å². The minimum absolute atomic E-state index is 0.353. The van der Waals surface area contributed by atoms with Crippen LogP contribution in [-0.2, 0) is 4.74 Å². The zero-order valence-electron chi connectivity index (χ0n) is 8.29. The van der Waals surface area contributed by atoms with Crippen LogP contribution in [0.15, 0.2) is 12.1 Å². The molecular weight excluding hydrogens is 178 g/mol. The van der Waals surface area contributed by atoms with Crippen LogP contribution in [0.5, 0.6) is 0 Å². The standard InChI is InChI=1S/C10H15N3O/c1-7-2-3-9(11)10(12-7)13-8-4-5-14-6-8/h2-3,8H,4-6,11H2,1H3,(H,12,13). The summed E-state index contributed by atoms with van der Waals surface area (Å²) in [5, 5.41) is 3.29.